The van der Waals surface area contributed by atoms with Crippen LogP contribution >= 0.6 is 0 Å². The molecule has 120 valence electrons. The summed E-state index contributed by atoms with van der Waals surface area (Å²) >= 11 is 0. The Kier molecular flexibility index (Phi) is 4.64. The number of carbonyl (C=O) groups excluding carboxylic acids is 1. The van der Waals surface area contributed by atoms with Crippen molar-refractivity contribution in [3.63, 3.8) is 0 Å². The van der Waals surface area contributed by atoms with Crippen LogP contribution in [0.1, 0.15) is 6.42 Å². The van der Waals surface area contributed by atoms with Gasteiger partial charge < -0.3 is 19.9 Å². The van der Waals surface area contributed by atoms with Gasteiger partial charge in [0.25, 0.3) is 0 Å². The molecule has 2 heterocycles. The third-order valence-corrected chi connectivity index (χ3v) is 4.81. The van der Waals surface area contributed by atoms with Crippen LogP contribution in [-0.4, -0.2) is 63.8 Å². The van der Waals surface area contributed by atoms with Gasteiger partial charge in [-0.15, -0.1) is 0 Å². The molecule has 2 aliphatic rings. The highest BCUT2D eigenvalue weighted by molar-refractivity contribution is 5.84. The Labute approximate surface area is 132 Å². The topological polar surface area (TPSA) is 44.8 Å². The predicted octanol–water partition coefficient (Wildman–Crippen LogP) is 0.961. The van der Waals surface area contributed by atoms with Gasteiger partial charge in [-0.3, -0.25) is 4.79 Å². The third-order valence-electron chi connectivity index (χ3n) is 4.81. The van der Waals surface area contributed by atoms with Crippen LogP contribution in [0.2, 0.25) is 0 Å². The summed E-state index contributed by atoms with van der Waals surface area (Å²) in [4.78, 5) is 17.3. The highest BCUT2D eigenvalue weighted by atomic mass is 16.5. The number of hydrogen-bond acceptors (Lipinski definition) is 4. The summed E-state index contributed by atoms with van der Waals surface area (Å²) in [5.41, 5.74) is 0.882. The van der Waals surface area contributed by atoms with Crippen molar-refractivity contribution in [2.24, 2.45) is 5.41 Å². The van der Waals surface area contributed by atoms with E-state index in [1.165, 1.54) is 5.69 Å². The van der Waals surface area contributed by atoms with Crippen molar-refractivity contribution in [2.45, 2.75) is 6.42 Å². The first-order valence-corrected chi connectivity index (χ1v) is 8.04. The summed E-state index contributed by atoms with van der Waals surface area (Å²) in [5.74, 6) is 0.257. The number of methoxy groups -OCH3 is 1. The average Bonchev–Trinajstić information content (AvgIpc) is 3.05. The largest absolute Gasteiger partial charge is 0.384 e. The normalized spacial score (nSPS) is 25.5. The van der Waals surface area contributed by atoms with Crippen LogP contribution in [0.3, 0.4) is 0 Å². The molecule has 1 unspecified atom stereocenters. The van der Waals surface area contributed by atoms with E-state index in [-0.39, 0.29) is 11.3 Å². The lowest BCUT2D eigenvalue weighted by atomic mass is 9.86. The second-order valence-corrected chi connectivity index (χ2v) is 6.25. The molecule has 5 heteroatoms. The van der Waals surface area contributed by atoms with Gasteiger partial charge in [-0.1, -0.05) is 18.2 Å². The van der Waals surface area contributed by atoms with E-state index >= 15 is 0 Å². The number of benzene rings is 1. The third kappa shape index (κ3) is 2.96. The molecule has 1 atom stereocenters. The van der Waals surface area contributed by atoms with Gasteiger partial charge in [0.1, 0.15) is 0 Å². The molecule has 1 aromatic rings. The van der Waals surface area contributed by atoms with Gasteiger partial charge in [0.15, 0.2) is 0 Å². The fourth-order valence-corrected chi connectivity index (χ4v) is 3.53. The van der Waals surface area contributed by atoms with E-state index in [4.69, 9.17) is 4.74 Å². The van der Waals surface area contributed by atoms with Crippen LogP contribution in [0.5, 0.6) is 0 Å². The first kappa shape index (κ1) is 15.3. The Morgan fingerprint density at radius 1 is 1.23 bits per heavy atom. The lowest BCUT2D eigenvalue weighted by molar-refractivity contribution is -0.144. The van der Waals surface area contributed by atoms with E-state index in [2.05, 4.69) is 34.5 Å². The number of nitrogens with one attached hydrogen (secondary N) is 1. The Balaban J connectivity index is 1.62. The molecule has 0 aromatic heterocycles. The van der Waals surface area contributed by atoms with Crippen molar-refractivity contribution in [1.29, 1.82) is 0 Å². The molecule has 1 N–H and O–H groups in total. The van der Waals surface area contributed by atoms with E-state index in [0.29, 0.717) is 6.61 Å². The van der Waals surface area contributed by atoms with Crippen molar-refractivity contribution in [3.05, 3.63) is 30.3 Å². The van der Waals surface area contributed by atoms with Crippen molar-refractivity contribution in [2.75, 3.05) is 57.9 Å². The van der Waals surface area contributed by atoms with Crippen molar-refractivity contribution in [3.8, 4) is 0 Å². The zero-order valence-electron chi connectivity index (χ0n) is 13.3. The lowest BCUT2D eigenvalue weighted by Crippen LogP contribution is -2.55. The fraction of sp³-hybridized carbons (Fsp3) is 0.588. The minimum Gasteiger partial charge on any atom is -0.384 e. The summed E-state index contributed by atoms with van der Waals surface area (Å²) < 4.78 is 5.33. The molecule has 0 radical (unpaired) electrons. The van der Waals surface area contributed by atoms with Crippen LogP contribution in [0.15, 0.2) is 30.3 Å². The molecular weight excluding hydrogens is 278 g/mol. The molecule has 1 aromatic carbocycles. The molecule has 0 saturated carbocycles. The maximum absolute atomic E-state index is 12.9. The number of para-hydroxylation sites is 1. The predicted molar refractivity (Wildman–Crippen MR) is 87.0 cm³/mol. The SMILES string of the molecule is COCC1(C(=O)N2CCN(c3ccccc3)CC2)CCNC1. The van der Waals surface area contributed by atoms with Gasteiger partial charge in [0.05, 0.1) is 12.0 Å². The molecular formula is C17H25N3O2. The highest BCUT2D eigenvalue weighted by Gasteiger charge is 2.44. The van der Waals surface area contributed by atoms with E-state index in [9.17, 15) is 4.79 Å². The molecule has 3 rings (SSSR count). The zero-order valence-corrected chi connectivity index (χ0v) is 13.3. The molecule has 22 heavy (non-hydrogen) atoms. The van der Waals surface area contributed by atoms with Crippen LogP contribution in [0, 0.1) is 5.41 Å². The second kappa shape index (κ2) is 6.67. The minimum absolute atomic E-state index is 0.257. The standard InChI is InChI=1S/C17H25N3O2/c1-22-14-17(7-8-18-13-17)16(21)20-11-9-19(10-12-20)15-5-3-2-4-6-15/h2-6,18H,7-14H2,1H3. The number of amides is 1. The molecule has 0 aliphatic carbocycles. The molecule has 2 fully saturated rings. The molecule has 2 aliphatic heterocycles. The Morgan fingerprint density at radius 2 is 1.95 bits per heavy atom. The van der Waals surface area contributed by atoms with Gasteiger partial charge in [0.2, 0.25) is 5.91 Å². The van der Waals surface area contributed by atoms with Crippen molar-refractivity contribution in [1.82, 2.24) is 10.2 Å². The van der Waals surface area contributed by atoms with E-state index in [1.54, 1.807) is 7.11 Å². The minimum atomic E-state index is -0.357. The maximum Gasteiger partial charge on any atom is 0.232 e. The maximum atomic E-state index is 12.9. The van der Waals surface area contributed by atoms with E-state index in [0.717, 1.165) is 45.7 Å². The summed E-state index contributed by atoms with van der Waals surface area (Å²) in [6.07, 6.45) is 0.874. The summed E-state index contributed by atoms with van der Waals surface area (Å²) in [5, 5.41) is 3.31. The quantitative estimate of drug-likeness (QED) is 0.900. The van der Waals surface area contributed by atoms with E-state index in [1.807, 2.05) is 11.0 Å². The molecule has 2 saturated heterocycles. The van der Waals surface area contributed by atoms with Crippen LogP contribution < -0.4 is 10.2 Å². The lowest BCUT2D eigenvalue weighted by Gasteiger charge is -2.40. The van der Waals surface area contributed by atoms with E-state index < -0.39 is 0 Å². The zero-order chi connectivity index (χ0) is 15.4. The fourth-order valence-electron chi connectivity index (χ4n) is 3.53. The number of rotatable bonds is 4. The summed E-state index contributed by atoms with van der Waals surface area (Å²) in [7, 11) is 1.68. The number of piperazine rings is 1. The number of anilines is 1. The smallest absolute Gasteiger partial charge is 0.232 e. The van der Waals surface area contributed by atoms with Crippen molar-refractivity contribution >= 4 is 11.6 Å². The molecule has 1 amide bonds. The second-order valence-electron chi connectivity index (χ2n) is 6.25. The first-order chi connectivity index (χ1) is 10.7. The molecule has 5 nitrogen and oxygen atoms in total. The monoisotopic (exact) mass is 303 g/mol. The number of carbonyl (C=O) groups is 1. The average molecular weight is 303 g/mol. The Hall–Kier alpha value is -1.59. The molecule has 0 bridgehead atoms. The van der Waals surface area contributed by atoms with Crippen LogP contribution in [0.25, 0.3) is 0 Å². The summed E-state index contributed by atoms with van der Waals surface area (Å²) in [6.45, 7) is 5.52. The Bertz CT molecular complexity index is 492. The Morgan fingerprint density at radius 3 is 2.55 bits per heavy atom. The van der Waals surface area contributed by atoms with Crippen LogP contribution in [-0.2, 0) is 9.53 Å². The highest BCUT2D eigenvalue weighted by Crippen LogP contribution is 2.29. The van der Waals surface area contributed by atoms with Gasteiger partial charge in [0, 0.05) is 45.5 Å². The number of hydrogen-bond donors (Lipinski definition) is 1. The number of ether oxygens (including phenoxy) is 1. The van der Waals surface area contributed by atoms with Gasteiger partial charge in [-0.25, -0.2) is 0 Å². The first-order valence-electron chi connectivity index (χ1n) is 8.04. The van der Waals surface area contributed by atoms with Gasteiger partial charge in [-0.2, -0.15) is 0 Å². The van der Waals surface area contributed by atoms with Gasteiger partial charge in [-0.05, 0) is 25.1 Å². The summed E-state index contributed by atoms with van der Waals surface area (Å²) in [6, 6.07) is 10.4. The molecule has 0 spiro atoms. The van der Waals surface area contributed by atoms with Crippen LogP contribution in [0.4, 0.5) is 5.69 Å². The number of nitrogens with zero attached hydrogens (tertiary/aromatic N) is 2. The van der Waals surface area contributed by atoms with Gasteiger partial charge >= 0.3 is 0 Å². The van der Waals surface area contributed by atoms with Crippen molar-refractivity contribution < 1.29 is 9.53 Å².